The molecule has 1 amide bonds. The average Bonchev–Trinajstić information content (AvgIpc) is 2.91. The van der Waals surface area contributed by atoms with Gasteiger partial charge in [-0.15, -0.1) is 12.4 Å². The van der Waals surface area contributed by atoms with Crippen molar-refractivity contribution in [1.29, 1.82) is 0 Å². The second-order valence-electron chi connectivity index (χ2n) is 5.91. The van der Waals surface area contributed by atoms with Crippen LogP contribution in [-0.2, 0) is 6.54 Å². The summed E-state index contributed by atoms with van der Waals surface area (Å²) in [6.45, 7) is 10.4. The number of amides is 1. The molecule has 1 aromatic heterocycles. The predicted octanol–water partition coefficient (Wildman–Crippen LogP) is 2.14. The largest absolute Gasteiger partial charge is 0.335 e. The maximum Gasteiger partial charge on any atom is 0.257 e. The molecule has 1 aliphatic rings. The van der Waals surface area contributed by atoms with E-state index in [1.807, 2.05) is 23.4 Å². The van der Waals surface area contributed by atoms with Crippen molar-refractivity contribution in [1.82, 2.24) is 14.7 Å². The number of rotatable bonds is 4. The molecule has 0 bridgehead atoms. The van der Waals surface area contributed by atoms with Crippen molar-refractivity contribution in [3.05, 3.63) is 17.0 Å². The summed E-state index contributed by atoms with van der Waals surface area (Å²) in [5.74, 6) is 0.547. The van der Waals surface area contributed by atoms with Crippen LogP contribution in [-0.4, -0.2) is 39.7 Å². The number of carbonyl (C=O) groups is 1. The number of nitrogens with two attached hydrogens (primary N) is 1. The lowest BCUT2D eigenvalue weighted by Crippen LogP contribution is -2.35. The Bertz CT molecular complexity index is 500. The van der Waals surface area contributed by atoms with E-state index >= 15 is 0 Å². The Balaban J connectivity index is 0.00000220. The van der Waals surface area contributed by atoms with Gasteiger partial charge in [0.25, 0.3) is 5.91 Å². The molecule has 0 aromatic carbocycles. The summed E-state index contributed by atoms with van der Waals surface area (Å²) in [7, 11) is 0. The van der Waals surface area contributed by atoms with Crippen LogP contribution in [0.2, 0.25) is 0 Å². The second-order valence-corrected chi connectivity index (χ2v) is 5.91. The molecule has 1 aliphatic heterocycles. The van der Waals surface area contributed by atoms with Gasteiger partial charge in [0.1, 0.15) is 0 Å². The van der Waals surface area contributed by atoms with Crippen LogP contribution >= 0.6 is 12.4 Å². The van der Waals surface area contributed by atoms with E-state index in [0.29, 0.717) is 12.5 Å². The average molecular weight is 315 g/mol. The predicted molar refractivity (Wildman–Crippen MR) is 86.9 cm³/mol. The second kappa shape index (κ2) is 7.27. The Morgan fingerprint density at radius 3 is 2.62 bits per heavy atom. The summed E-state index contributed by atoms with van der Waals surface area (Å²) < 4.78 is 1.95. The van der Waals surface area contributed by atoms with Crippen molar-refractivity contribution in [2.24, 2.45) is 11.7 Å². The Labute approximate surface area is 133 Å². The molecule has 2 heterocycles. The van der Waals surface area contributed by atoms with Gasteiger partial charge < -0.3 is 10.6 Å². The van der Waals surface area contributed by atoms with Gasteiger partial charge in [-0.1, -0.05) is 6.92 Å². The van der Waals surface area contributed by atoms with Crippen molar-refractivity contribution >= 4 is 18.3 Å². The molecule has 6 heteroatoms. The summed E-state index contributed by atoms with van der Waals surface area (Å²) in [4.78, 5) is 14.8. The fourth-order valence-corrected chi connectivity index (χ4v) is 3.18. The molecule has 0 spiro atoms. The molecule has 5 nitrogen and oxygen atoms in total. The number of aryl methyl sites for hydroxylation is 2. The molecule has 21 heavy (non-hydrogen) atoms. The first-order valence-electron chi connectivity index (χ1n) is 7.54. The molecule has 1 saturated heterocycles. The molecular formula is C15H27ClN4O. The smallest absolute Gasteiger partial charge is 0.257 e. The van der Waals surface area contributed by atoms with Crippen LogP contribution in [0.25, 0.3) is 0 Å². The SMILES string of the molecule is CCCn1nc(C)c(C(=O)N2CC(CN)CC2C)c1C.Cl. The summed E-state index contributed by atoms with van der Waals surface area (Å²) in [6, 6.07) is 0.268. The van der Waals surface area contributed by atoms with Gasteiger partial charge in [-0.3, -0.25) is 9.48 Å². The third kappa shape index (κ3) is 3.40. The highest BCUT2D eigenvalue weighted by atomic mass is 35.5. The van der Waals surface area contributed by atoms with E-state index in [1.165, 1.54) is 0 Å². The van der Waals surface area contributed by atoms with Gasteiger partial charge in [0, 0.05) is 24.8 Å². The van der Waals surface area contributed by atoms with E-state index < -0.39 is 0 Å². The number of hydrogen-bond acceptors (Lipinski definition) is 3. The lowest BCUT2D eigenvalue weighted by molar-refractivity contribution is 0.0742. The number of nitrogens with zero attached hydrogens (tertiary/aromatic N) is 3. The van der Waals surface area contributed by atoms with E-state index in [1.54, 1.807) is 0 Å². The molecular weight excluding hydrogens is 288 g/mol. The number of halogens is 1. The first-order chi connectivity index (χ1) is 9.49. The van der Waals surface area contributed by atoms with Crippen LogP contribution in [0.1, 0.15) is 48.4 Å². The Morgan fingerprint density at radius 1 is 1.43 bits per heavy atom. The number of likely N-dealkylation sites (tertiary alicyclic amines) is 1. The zero-order chi connectivity index (χ0) is 14.9. The van der Waals surface area contributed by atoms with Crippen molar-refractivity contribution in [3.63, 3.8) is 0 Å². The van der Waals surface area contributed by atoms with E-state index in [0.717, 1.165) is 42.9 Å². The molecule has 0 radical (unpaired) electrons. The Hall–Kier alpha value is -1.07. The molecule has 1 aromatic rings. The Morgan fingerprint density at radius 2 is 2.10 bits per heavy atom. The highest BCUT2D eigenvalue weighted by Crippen LogP contribution is 2.26. The third-order valence-corrected chi connectivity index (χ3v) is 4.29. The van der Waals surface area contributed by atoms with Crippen LogP contribution in [0.5, 0.6) is 0 Å². The highest BCUT2D eigenvalue weighted by molar-refractivity contribution is 5.96. The Kier molecular flexibility index (Phi) is 6.23. The summed E-state index contributed by atoms with van der Waals surface area (Å²) in [5.41, 5.74) is 8.35. The molecule has 2 rings (SSSR count). The first kappa shape index (κ1) is 18.0. The maximum absolute atomic E-state index is 12.8. The molecule has 2 unspecified atom stereocenters. The molecule has 1 fully saturated rings. The minimum Gasteiger partial charge on any atom is -0.335 e. The van der Waals surface area contributed by atoms with E-state index in [2.05, 4.69) is 18.9 Å². The van der Waals surface area contributed by atoms with Crippen LogP contribution in [0.3, 0.4) is 0 Å². The zero-order valence-electron chi connectivity index (χ0n) is 13.4. The van der Waals surface area contributed by atoms with Gasteiger partial charge in [0.15, 0.2) is 0 Å². The fraction of sp³-hybridized carbons (Fsp3) is 0.733. The van der Waals surface area contributed by atoms with Crippen molar-refractivity contribution in [2.45, 2.75) is 53.1 Å². The minimum absolute atomic E-state index is 0. The van der Waals surface area contributed by atoms with Crippen LogP contribution < -0.4 is 5.73 Å². The van der Waals surface area contributed by atoms with Crippen molar-refractivity contribution in [2.75, 3.05) is 13.1 Å². The zero-order valence-corrected chi connectivity index (χ0v) is 14.2. The van der Waals surface area contributed by atoms with Gasteiger partial charge in [-0.25, -0.2) is 0 Å². The highest BCUT2D eigenvalue weighted by Gasteiger charge is 2.34. The van der Waals surface area contributed by atoms with Gasteiger partial charge in [0.2, 0.25) is 0 Å². The van der Waals surface area contributed by atoms with E-state index in [-0.39, 0.29) is 24.4 Å². The number of carbonyl (C=O) groups excluding carboxylic acids is 1. The fourth-order valence-electron chi connectivity index (χ4n) is 3.18. The van der Waals surface area contributed by atoms with Gasteiger partial charge >= 0.3 is 0 Å². The van der Waals surface area contributed by atoms with Gasteiger partial charge in [-0.05, 0) is 46.1 Å². The van der Waals surface area contributed by atoms with Gasteiger partial charge in [-0.2, -0.15) is 5.10 Å². The first-order valence-corrected chi connectivity index (χ1v) is 7.54. The number of aromatic nitrogens is 2. The van der Waals surface area contributed by atoms with E-state index in [9.17, 15) is 4.79 Å². The van der Waals surface area contributed by atoms with Crippen molar-refractivity contribution < 1.29 is 4.79 Å². The summed E-state index contributed by atoms with van der Waals surface area (Å²) in [5, 5.41) is 4.50. The van der Waals surface area contributed by atoms with E-state index in [4.69, 9.17) is 5.73 Å². The van der Waals surface area contributed by atoms with Crippen molar-refractivity contribution in [3.8, 4) is 0 Å². The molecule has 2 N–H and O–H groups in total. The molecule has 2 atom stereocenters. The maximum atomic E-state index is 12.8. The molecule has 120 valence electrons. The summed E-state index contributed by atoms with van der Waals surface area (Å²) in [6.07, 6.45) is 2.02. The standard InChI is InChI=1S/C15H26N4O.ClH/c1-5-6-19-12(4)14(11(3)17-19)15(20)18-9-13(8-16)7-10(18)2;/h10,13H,5-9,16H2,1-4H3;1H. The number of hydrogen-bond donors (Lipinski definition) is 1. The molecule has 0 saturated carbocycles. The quantitative estimate of drug-likeness (QED) is 0.926. The molecule has 0 aliphatic carbocycles. The normalized spacial score (nSPS) is 21.5. The van der Waals surface area contributed by atoms with Crippen LogP contribution in [0, 0.1) is 19.8 Å². The lowest BCUT2D eigenvalue weighted by Gasteiger charge is -2.21. The van der Waals surface area contributed by atoms with Crippen LogP contribution in [0.15, 0.2) is 0 Å². The third-order valence-electron chi connectivity index (χ3n) is 4.29. The van der Waals surface area contributed by atoms with Gasteiger partial charge in [0.05, 0.1) is 11.3 Å². The minimum atomic E-state index is 0. The summed E-state index contributed by atoms with van der Waals surface area (Å²) >= 11 is 0. The van der Waals surface area contributed by atoms with Crippen LogP contribution in [0.4, 0.5) is 0 Å². The topological polar surface area (TPSA) is 64.2 Å². The lowest BCUT2D eigenvalue weighted by atomic mass is 10.1. The monoisotopic (exact) mass is 314 g/mol.